The van der Waals surface area contributed by atoms with Crippen LogP contribution in [0.4, 0.5) is 0 Å². The van der Waals surface area contributed by atoms with Gasteiger partial charge < -0.3 is 29.1 Å². The van der Waals surface area contributed by atoms with Crippen molar-refractivity contribution < 1.29 is 28.5 Å². The van der Waals surface area contributed by atoms with Gasteiger partial charge in [0.15, 0.2) is 11.2 Å². The zero-order chi connectivity index (χ0) is 21.6. The molecule has 1 aliphatic heterocycles. The van der Waals surface area contributed by atoms with E-state index >= 15 is 0 Å². The van der Waals surface area contributed by atoms with Gasteiger partial charge in [0, 0.05) is 24.4 Å². The van der Waals surface area contributed by atoms with Gasteiger partial charge in [0.25, 0.3) is 5.91 Å². The Morgan fingerprint density at radius 2 is 2.03 bits per heavy atom. The van der Waals surface area contributed by atoms with E-state index in [4.69, 9.17) is 23.7 Å². The highest BCUT2D eigenvalue weighted by Crippen LogP contribution is 2.31. The SMILES string of the molecule is O=C(NCC1CC1)C1=CC(c2coc3ccccc3c2=O)CC(OCCOCCO)O1. The third-order valence-corrected chi connectivity index (χ3v) is 5.40. The minimum absolute atomic E-state index is 0.0617. The molecular weight excluding hydrogens is 402 g/mol. The standard InChI is InChI=1S/C23H27NO7/c25-7-8-28-9-10-29-21-12-16(11-20(31-21)23(27)24-13-15-5-6-15)18-14-30-19-4-2-1-3-17(19)22(18)26/h1-4,11,14-16,21,25H,5-10,12-13H2,(H,24,27). The Morgan fingerprint density at radius 3 is 2.84 bits per heavy atom. The summed E-state index contributed by atoms with van der Waals surface area (Å²) in [7, 11) is 0. The average Bonchev–Trinajstić information content (AvgIpc) is 3.62. The summed E-state index contributed by atoms with van der Waals surface area (Å²) >= 11 is 0. The van der Waals surface area contributed by atoms with Gasteiger partial charge in [-0.15, -0.1) is 0 Å². The minimum Gasteiger partial charge on any atom is -0.464 e. The van der Waals surface area contributed by atoms with Crippen LogP contribution in [0.3, 0.4) is 0 Å². The summed E-state index contributed by atoms with van der Waals surface area (Å²) in [5.41, 5.74) is 0.843. The van der Waals surface area contributed by atoms with Crippen molar-refractivity contribution in [2.75, 3.05) is 33.0 Å². The molecule has 31 heavy (non-hydrogen) atoms. The van der Waals surface area contributed by atoms with Gasteiger partial charge in [-0.05, 0) is 37.0 Å². The second-order valence-electron chi connectivity index (χ2n) is 7.80. The molecule has 4 rings (SSSR count). The van der Waals surface area contributed by atoms with Crippen LogP contribution in [0.1, 0.15) is 30.7 Å². The molecule has 0 saturated heterocycles. The van der Waals surface area contributed by atoms with Crippen molar-refractivity contribution >= 4 is 16.9 Å². The topological polar surface area (TPSA) is 107 Å². The Hall–Kier alpha value is -2.68. The van der Waals surface area contributed by atoms with Gasteiger partial charge in [0.2, 0.25) is 6.29 Å². The first-order chi connectivity index (χ1) is 15.2. The molecule has 2 N–H and O–H groups in total. The molecule has 2 aliphatic rings. The summed E-state index contributed by atoms with van der Waals surface area (Å²) in [5, 5.41) is 12.2. The molecule has 1 saturated carbocycles. The van der Waals surface area contributed by atoms with Gasteiger partial charge in [-0.2, -0.15) is 0 Å². The number of nitrogens with one attached hydrogen (secondary N) is 1. The first-order valence-corrected chi connectivity index (χ1v) is 10.6. The van der Waals surface area contributed by atoms with Gasteiger partial charge >= 0.3 is 0 Å². The highest BCUT2D eigenvalue weighted by atomic mass is 16.7. The van der Waals surface area contributed by atoms with Crippen molar-refractivity contribution in [1.29, 1.82) is 0 Å². The zero-order valence-electron chi connectivity index (χ0n) is 17.2. The highest BCUT2D eigenvalue weighted by Gasteiger charge is 2.31. The fraction of sp³-hybridized carbons (Fsp3) is 0.478. The van der Waals surface area contributed by atoms with E-state index in [2.05, 4.69) is 5.32 Å². The summed E-state index contributed by atoms with van der Waals surface area (Å²) < 4.78 is 22.4. The number of aliphatic hydroxyl groups excluding tert-OH is 1. The van der Waals surface area contributed by atoms with E-state index in [0.29, 0.717) is 35.4 Å². The zero-order valence-corrected chi connectivity index (χ0v) is 17.2. The van der Waals surface area contributed by atoms with Crippen LogP contribution in [0.25, 0.3) is 11.0 Å². The maximum Gasteiger partial charge on any atom is 0.286 e. The third kappa shape index (κ3) is 5.52. The lowest BCUT2D eigenvalue weighted by molar-refractivity contribution is -0.151. The second kappa shape index (κ2) is 10.1. The first-order valence-electron chi connectivity index (χ1n) is 10.6. The third-order valence-electron chi connectivity index (χ3n) is 5.40. The molecule has 8 nitrogen and oxygen atoms in total. The van der Waals surface area contributed by atoms with Gasteiger partial charge in [0.05, 0.1) is 38.1 Å². The highest BCUT2D eigenvalue weighted by molar-refractivity contribution is 5.91. The van der Waals surface area contributed by atoms with Crippen LogP contribution in [0, 0.1) is 5.92 Å². The molecular formula is C23H27NO7. The number of ether oxygens (including phenoxy) is 3. The van der Waals surface area contributed by atoms with Crippen molar-refractivity contribution in [1.82, 2.24) is 5.32 Å². The smallest absolute Gasteiger partial charge is 0.286 e. The molecule has 2 atom stereocenters. The number of carbonyl (C=O) groups is 1. The van der Waals surface area contributed by atoms with Crippen molar-refractivity contribution in [3.8, 4) is 0 Å². The number of allylic oxidation sites excluding steroid dienone is 1. The summed E-state index contributed by atoms with van der Waals surface area (Å²) in [4.78, 5) is 25.7. The maximum atomic E-state index is 13.1. The van der Waals surface area contributed by atoms with Gasteiger partial charge in [-0.3, -0.25) is 9.59 Å². The number of para-hydroxylation sites is 1. The van der Waals surface area contributed by atoms with Crippen molar-refractivity contribution in [2.45, 2.75) is 31.5 Å². The van der Waals surface area contributed by atoms with E-state index in [-0.39, 0.29) is 49.4 Å². The number of benzene rings is 1. The number of hydrogen-bond acceptors (Lipinski definition) is 7. The maximum absolute atomic E-state index is 13.1. The number of rotatable bonds is 10. The Bertz CT molecular complexity index is 995. The summed E-state index contributed by atoms with van der Waals surface area (Å²) in [6, 6.07) is 7.07. The number of amides is 1. The molecule has 2 aromatic rings. The quantitative estimate of drug-likeness (QED) is 0.557. The number of fused-ring (bicyclic) bond motifs is 1. The monoisotopic (exact) mass is 429 g/mol. The molecule has 1 aliphatic carbocycles. The largest absolute Gasteiger partial charge is 0.464 e. The fourth-order valence-electron chi connectivity index (χ4n) is 3.54. The van der Waals surface area contributed by atoms with Crippen LogP contribution in [0.2, 0.25) is 0 Å². The molecule has 0 bridgehead atoms. The average molecular weight is 429 g/mol. The van der Waals surface area contributed by atoms with Gasteiger partial charge in [0.1, 0.15) is 5.58 Å². The number of carbonyl (C=O) groups excluding carboxylic acids is 1. The predicted molar refractivity (Wildman–Crippen MR) is 112 cm³/mol. The Kier molecular flexibility index (Phi) is 7.01. The summed E-state index contributed by atoms with van der Waals surface area (Å²) in [5.74, 6) is -0.0236. The normalized spacial score (nSPS) is 20.9. The molecule has 1 fully saturated rings. The number of aliphatic hydroxyl groups is 1. The Morgan fingerprint density at radius 1 is 1.19 bits per heavy atom. The van der Waals surface area contributed by atoms with E-state index in [9.17, 15) is 9.59 Å². The Labute approximate surface area is 179 Å². The molecule has 166 valence electrons. The van der Waals surface area contributed by atoms with E-state index in [1.54, 1.807) is 24.3 Å². The van der Waals surface area contributed by atoms with Crippen molar-refractivity contribution in [3.05, 3.63) is 58.2 Å². The minimum atomic E-state index is -0.708. The van der Waals surface area contributed by atoms with Gasteiger partial charge in [-0.1, -0.05) is 12.1 Å². The molecule has 0 spiro atoms. The Balaban J connectivity index is 1.53. The molecule has 1 aromatic carbocycles. The van der Waals surface area contributed by atoms with E-state index in [0.717, 1.165) is 12.8 Å². The lowest BCUT2D eigenvalue weighted by Crippen LogP contribution is -2.34. The van der Waals surface area contributed by atoms with Gasteiger partial charge in [-0.25, -0.2) is 0 Å². The lowest BCUT2D eigenvalue weighted by atomic mass is 9.93. The van der Waals surface area contributed by atoms with E-state index < -0.39 is 6.29 Å². The van der Waals surface area contributed by atoms with Crippen LogP contribution >= 0.6 is 0 Å². The van der Waals surface area contributed by atoms with E-state index in [1.165, 1.54) is 6.26 Å². The van der Waals surface area contributed by atoms with Crippen LogP contribution < -0.4 is 10.7 Å². The summed E-state index contributed by atoms with van der Waals surface area (Å²) in [6.45, 7) is 1.30. The molecule has 2 unspecified atom stereocenters. The first kappa shape index (κ1) is 21.5. The molecule has 8 heteroatoms. The van der Waals surface area contributed by atoms with Crippen molar-refractivity contribution in [2.24, 2.45) is 5.92 Å². The van der Waals surface area contributed by atoms with Crippen LogP contribution in [0.15, 0.2) is 51.6 Å². The second-order valence-corrected chi connectivity index (χ2v) is 7.80. The van der Waals surface area contributed by atoms with Crippen LogP contribution in [0.5, 0.6) is 0 Å². The lowest BCUT2D eigenvalue weighted by Gasteiger charge is -2.29. The predicted octanol–water partition coefficient (Wildman–Crippen LogP) is 2.06. The van der Waals surface area contributed by atoms with Crippen LogP contribution in [-0.2, 0) is 19.0 Å². The van der Waals surface area contributed by atoms with Crippen molar-refractivity contribution in [3.63, 3.8) is 0 Å². The molecule has 1 amide bonds. The molecule has 0 radical (unpaired) electrons. The molecule has 2 heterocycles. The fourth-order valence-corrected chi connectivity index (χ4v) is 3.54. The summed E-state index contributed by atoms with van der Waals surface area (Å²) in [6.07, 6.45) is 5.04. The molecule has 1 aromatic heterocycles. The van der Waals surface area contributed by atoms with Crippen LogP contribution in [-0.4, -0.2) is 50.3 Å². The number of hydrogen-bond donors (Lipinski definition) is 2. The van der Waals surface area contributed by atoms with E-state index in [1.807, 2.05) is 6.07 Å².